The van der Waals surface area contributed by atoms with Crippen molar-refractivity contribution in [3.63, 3.8) is 0 Å². The van der Waals surface area contributed by atoms with Crippen LogP contribution in [0.1, 0.15) is 19.4 Å². The Morgan fingerprint density at radius 3 is 2.76 bits per heavy atom. The van der Waals surface area contributed by atoms with Crippen LogP contribution in [0.4, 0.5) is 15.8 Å². The van der Waals surface area contributed by atoms with Crippen molar-refractivity contribution in [2.45, 2.75) is 25.9 Å². The molecule has 2 nitrogen and oxygen atoms in total. The van der Waals surface area contributed by atoms with Crippen LogP contribution in [0.3, 0.4) is 0 Å². The second kappa shape index (κ2) is 5.23. The fourth-order valence-corrected chi connectivity index (χ4v) is 2.98. The number of nitrogens with zero attached hydrogens (tertiary/aromatic N) is 1. The number of anilines is 2. The number of benzene rings is 2. The fraction of sp³-hybridized carbons (Fsp3) is 0.294. The summed E-state index contributed by atoms with van der Waals surface area (Å²) in [6.07, 6.45) is 0. The van der Waals surface area contributed by atoms with Crippen LogP contribution in [-0.4, -0.2) is 12.1 Å². The lowest BCUT2D eigenvalue weighted by molar-refractivity contribution is 0.523. The van der Waals surface area contributed by atoms with Gasteiger partial charge in [0.15, 0.2) is 0 Å². The Morgan fingerprint density at radius 1 is 1.24 bits per heavy atom. The molecule has 1 aliphatic rings. The summed E-state index contributed by atoms with van der Waals surface area (Å²) < 4.78 is 14.0. The van der Waals surface area contributed by atoms with E-state index in [9.17, 15) is 4.39 Å². The molecule has 0 saturated heterocycles. The monoisotopic (exact) mass is 304 g/mol. The van der Waals surface area contributed by atoms with Crippen LogP contribution in [0, 0.1) is 5.82 Å². The Hall–Kier alpha value is -1.74. The summed E-state index contributed by atoms with van der Waals surface area (Å²) in [6, 6.07) is 13.0. The van der Waals surface area contributed by atoms with Gasteiger partial charge in [0.25, 0.3) is 0 Å². The van der Waals surface area contributed by atoms with E-state index in [2.05, 4.69) is 36.2 Å². The van der Waals surface area contributed by atoms with E-state index in [1.807, 2.05) is 12.1 Å². The highest BCUT2D eigenvalue weighted by molar-refractivity contribution is 6.30. The molecular weight excluding hydrogens is 287 g/mol. The number of rotatable bonds is 2. The van der Waals surface area contributed by atoms with E-state index in [-0.39, 0.29) is 11.4 Å². The molecule has 0 fully saturated rings. The zero-order valence-corrected chi connectivity index (χ0v) is 12.9. The Balaban J connectivity index is 1.94. The van der Waals surface area contributed by atoms with Gasteiger partial charge in [0.05, 0.1) is 11.4 Å². The summed E-state index contributed by atoms with van der Waals surface area (Å²) in [6.45, 7) is 5.64. The van der Waals surface area contributed by atoms with Crippen molar-refractivity contribution in [3.8, 4) is 0 Å². The lowest BCUT2D eigenvalue weighted by Crippen LogP contribution is -2.48. The first kappa shape index (κ1) is 14.2. The van der Waals surface area contributed by atoms with Gasteiger partial charge in [0, 0.05) is 29.2 Å². The van der Waals surface area contributed by atoms with Gasteiger partial charge in [-0.2, -0.15) is 0 Å². The molecule has 4 heteroatoms. The maximum atomic E-state index is 14.0. The zero-order chi connectivity index (χ0) is 15.0. The average molecular weight is 305 g/mol. The number of hydrogen-bond donors (Lipinski definition) is 1. The topological polar surface area (TPSA) is 15.3 Å². The first-order valence-corrected chi connectivity index (χ1v) is 7.38. The van der Waals surface area contributed by atoms with Crippen LogP contribution in [0.15, 0.2) is 42.5 Å². The highest BCUT2D eigenvalue weighted by atomic mass is 35.5. The molecule has 0 atom stereocenters. The summed E-state index contributed by atoms with van der Waals surface area (Å²) >= 11 is 5.82. The van der Waals surface area contributed by atoms with Crippen LogP contribution in [0.5, 0.6) is 0 Å². The molecule has 1 aliphatic heterocycles. The third-order valence-corrected chi connectivity index (χ3v) is 3.92. The normalized spacial score (nSPS) is 16.3. The van der Waals surface area contributed by atoms with Crippen molar-refractivity contribution < 1.29 is 4.39 Å². The Bertz CT molecular complexity index is 670. The molecule has 0 aromatic heterocycles. The zero-order valence-electron chi connectivity index (χ0n) is 12.2. The van der Waals surface area contributed by atoms with E-state index in [4.69, 9.17) is 11.6 Å². The van der Waals surface area contributed by atoms with Gasteiger partial charge in [0.1, 0.15) is 5.82 Å². The highest BCUT2D eigenvalue weighted by Crippen LogP contribution is 2.35. The second-order valence-electron chi connectivity index (χ2n) is 6.12. The van der Waals surface area contributed by atoms with Crippen LogP contribution in [0.25, 0.3) is 0 Å². The van der Waals surface area contributed by atoms with Gasteiger partial charge in [-0.05, 0) is 38.1 Å². The number of nitrogens with one attached hydrogen (secondary N) is 1. The first-order chi connectivity index (χ1) is 9.94. The minimum Gasteiger partial charge on any atom is -0.377 e. The molecule has 0 amide bonds. The molecule has 0 saturated carbocycles. The minimum atomic E-state index is -0.253. The molecule has 2 aromatic rings. The summed E-state index contributed by atoms with van der Waals surface area (Å²) in [4.78, 5) is 2.21. The van der Waals surface area contributed by atoms with Crippen LogP contribution in [-0.2, 0) is 6.54 Å². The van der Waals surface area contributed by atoms with Gasteiger partial charge >= 0.3 is 0 Å². The molecule has 0 radical (unpaired) electrons. The molecule has 1 N–H and O–H groups in total. The average Bonchev–Trinajstić information content (AvgIpc) is 2.40. The molecule has 2 aromatic carbocycles. The van der Waals surface area contributed by atoms with Crippen molar-refractivity contribution >= 4 is 23.0 Å². The quantitative estimate of drug-likeness (QED) is 0.866. The first-order valence-electron chi connectivity index (χ1n) is 7.01. The fourth-order valence-electron chi connectivity index (χ4n) is 2.82. The summed E-state index contributed by atoms with van der Waals surface area (Å²) in [5.41, 5.74) is 2.79. The van der Waals surface area contributed by atoms with Gasteiger partial charge < -0.3 is 10.2 Å². The van der Waals surface area contributed by atoms with Gasteiger partial charge in [-0.3, -0.25) is 0 Å². The van der Waals surface area contributed by atoms with E-state index < -0.39 is 0 Å². The van der Waals surface area contributed by atoms with Crippen LogP contribution in [0.2, 0.25) is 5.02 Å². The van der Waals surface area contributed by atoms with Gasteiger partial charge in [-0.25, -0.2) is 4.39 Å². The predicted molar refractivity (Wildman–Crippen MR) is 86.6 cm³/mol. The number of hydrogen-bond acceptors (Lipinski definition) is 2. The summed E-state index contributed by atoms with van der Waals surface area (Å²) in [7, 11) is 0. The maximum absolute atomic E-state index is 14.0. The number of halogens is 2. The van der Waals surface area contributed by atoms with Gasteiger partial charge in [-0.1, -0.05) is 29.8 Å². The Morgan fingerprint density at radius 2 is 2.00 bits per heavy atom. The van der Waals surface area contributed by atoms with Crippen LogP contribution < -0.4 is 10.2 Å². The summed E-state index contributed by atoms with van der Waals surface area (Å²) in [5, 5.41) is 3.95. The van der Waals surface area contributed by atoms with E-state index >= 15 is 0 Å². The SMILES string of the molecule is CC1(C)CN(Cc2ccc(Cl)cc2F)c2ccccc2N1. The lowest BCUT2D eigenvalue weighted by atomic mass is 9.98. The summed E-state index contributed by atoms with van der Waals surface area (Å²) in [5.74, 6) is -0.253. The molecule has 3 rings (SSSR count). The Labute approximate surface area is 129 Å². The minimum absolute atomic E-state index is 0.0583. The second-order valence-corrected chi connectivity index (χ2v) is 6.55. The van der Waals surface area contributed by atoms with Crippen molar-refractivity contribution in [3.05, 3.63) is 58.9 Å². The third kappa shape index (κ3) is 2.98. The van der Waals surface area contributed by atoms with Crippen LogP contribution >= 0.6 is 11.6 Å². The molecule has 21 heavy (non-hydrogen) atoms. The molecule has 0 unspecified atom stereocenters. The lowest BCUT2D eigenvalue weighted by Gasteiger charge is -2.42. The molecule has 0 spiro atoms. The van der Waals surface area contributed by atoms with Gasteiger partial charge in [-0.15, -0.1) is 0 Å². The highest BCUT2D eigenvalue weighted by Gasteiger charge is 2.29. The smallest absolute Gasteiger partial charge is 0.129 e. The van der Waals surface area contributed by atoms with E-state index in [0.29, 0.717) is 17.1 Å². The van der Waals surface area contributed by atoms with Crippen molar-refractivity contribution in [2.75, 3.05) is 16.8 Å². The predicted octanol–water partition coefficient (Wildman–Crippen LogP) is 4.69. The van der Waals surface area contributed by atoms with Crippen molar-refractivity contribution in [1.29, 1.82) is 0 Å². The molecule has 0 bridgehead atoms. The number of fused-ring (bicyclic) bond motifs is 1. The van der Waals surface area contributed by atoms with Gasteiger partial charge in [0.2, 0.25) is 0 Å². The van der Waals surface area contributed by atoms with Crippen molar-refractivity contribution in [2.24, 2.45) is 0 Å². The molecular formula is C17H18ClFN2. The largest absolute Gasteiger partial charge is 0.377 e. The Kier molecular flexibility index (Phi) is 3.54. The number of para-hydroxylation sites is 2. The standard InChI is InChI=1S/C17H18ClFN2/c1-17(2)11-21(16-6-4-3-5-15(16)20-17)10-12-7-8-13(18)9-14(12)19/h3-9,20H,10-11H2,1-2H3. The van der Waals surface area contributed by atoms with Crippen molar-refractivity contribution in [1.82, 2.24) is 0 Å². The third-order valence-electron chi connectivity index (χ3n) is 3.68. The van der Waals surface area contributed by atoms with E-state index in [0.717, 1.165) is 17.9 Å². The molecule has 110 valence electrons. The van der Waals surface area contributed by atoms with E-state index in [1.54, 1.807) is 12.1 Å². The maximum Gasteiger partial charge on any atom is 0.129 e. The van der Waals surface area contributed by atoms with E-state index in [1.165, 1.54) is 6.07 Å². The molecule has 0 aliphatic carbocycles. The molecule has 1 heterocycles.